The first kappa shape index (κ1) is 21.9. The van der Waals surface area contributed by atoms with Crippen molar-refractivity contribution in [2.24, 2.45) is 5.41 Å². The Morgan fingerprint density at radius 2 is 1.52 bits per heavy atom. The van der Waals surface area contributed by atoms with Gasteiger partial charge in [0.25, 0.3) is 0 Å². The zero-order valence-electron chi connectivity index (χ0n) is 19.8. The third-order valence-corrected chi connectivity index (χ3v) is 7.86. The van der Waals surface area contributed by atoms with E-state index in [-0.39, 0.29) is 5.41 Å². The average Bonchev–Trinajstić information content (AvgIpc) is 2.81. The average molecular weight is 411 g/mol. The number of unbranched alkanes of at least 4 members (excludes halogenated alkanes) is 3. The van der Waals surface area contributed by atoms with Crippen LogP contribution in [0.3, 0.4) is 0 Å². The van der Waals surface area contributed by atoms with Crippen molar-refractivity contribution in [3.05, 3.63) is 77.9 Å². The van der Waals surface area contributed by atoms with Crippen LogP contribution in [0.4, 0.5) is 0 Å². The van der Waals surface area contributed by atoms with E-state index < -0.39 is 0 Å². The molecule has 3 aromatic rings. The van der Waals surface area contributed by atoms with Crippen molar-refractivity contribution in [3.8, 4) is 11.1 Å². The normalized spacial score (nSPS) is 15.3. The molecule has 1 aliphatic carbocycles. The molecule has 162 valence electrons. The van der Waals surface area contributed by atoms with Crippen molar-refractivity contribution in [2.75, 3.05) is 0 Å². The van der Waals surface area contributed by atoms with Gasteiger partial charge in [0.15, 0.2) is 0 Å². The van der Waals surface area contributed by atoms with Crippen LogP contribution in [0.5, 0.6) is 0 Å². The SMILES string of the molecule is C=C1c2ccc(CCCCCC)cc2-c2cc3ccccc3cc2CCC1(CC)CC. The minimum atomic E-state index is 0.195. The molecule has 0 nitrogen and oxygen atoms in total. The van der Waals surface area contributed by atoms with E-state index in [1.54, 1.807) is 0 Å². The van der Waals surface area contributed by atoms with E-state index in [0.29, 0.717) is 0 Å². The van der Waals surface area contributed by atoms with E-state index >= 15 is 0 Å². The van der Waals surface area contributed by atoms with Crippen molar-refractivity contribution in [1.29, 1.82) is 0 Å². The van der Waals surface area contributed by atoms with Crippen molar-refractivity contribution >= 4 is 16.3 Å². The Balaban J connectivity index is 1.86. The summed E-state index contributed by atoms with van der Waals surface area (Å²) in [5, 5.41) is 2.69. The van der Waals surface area contributed by atoms with E-state index in [2.05, 4.69) is 75.4 Å². The lowest BCUT2D eigenvalue weighted by Crippen LogP contribution is -2.23. The fraction of sp³-hybridized carbons (Fsp3) is 0.419. The van der Waals surface area contributed by atoms with Crippen LogP contribution in [0, 0.1) is 5.41 Å². The second-order valence-corrected chi connectivity index (χ2v) is 9.51. The molecule has 3 aromatic carbocycles. The number of fused-ring (bicyclic) bond motifs is 4. The molecule has 4 rings (SSSR count). The van der Waals surface area contributed by atoms with Crippen LogP contribution in [0.25, 0.3) is 27.5 Å². The summed E-state index contributed by atoms with van der Waals surface area (Å²) < 4.78 is 0. The molecular formula is C31H38. The standard InChI is InChI=1S/C31H38/c1-5-8-9-10-13-24-16-17-28-23(4)31(6-2,7-3)19-18-27-21-25-14-11-12-15-26(25)22-29(27)30(28)20-24/h11-12,14-17,20-22H,4-10,13,18-19H2,1-3H3. The summed E-state index contributed by atoms with van der Waals surface area (Å²) >= 11 is 0. The van der Waals surface area contributed by atoms with Crippen LogP contribution in [0.15, 0.2) is 61.2 Å². The number of rotatable bonds is 7. The van der Waals surface area contributed by atoms with Crippen LogP contribution >= 0.6 is 0 Å². The van der Waals surface area contributed by atoms with Crippen molar-refractivity contribution in [1.82, 2.24) is 0 Å². The van der Waals surface area contributed by atoms with Gasteiger partial charge in [-0.2, -0.15) is 0 Å². The fourth-order valence-corrected chi connectivity index (χ4v) is 5.57. The van der Waals surface area contributed by atoms with Gasteiger partial charge in [-0.15, -0.1) is 0 Å². The predicted molar refractivity (Wildman–Crippen MR) is 138 cm³/mol. The zero-order valence-corrected chi connectivity index (χ0v) is 19.8. The molecule has 0 heterocycles. The predicted octanol–water partition coefficient (Wildman–Crippen LogP) is 9.40. The van der Waals surface area contributed by atoms with E-state index in [1.807, 2.05) is 0 Å². The zero-order chi connectivity index (χ0) is 21.8. The molecule has 0 saturated heterocycles. The summed E-state index contributed by atoms with van der Waals surface area (Å²) in [7, 11) is 0. The van der Waals surface area contributed by atoms with Crippen LogP contribution in [-0.4, -0.2) is 0 Å². The molecule has 0 N–H and O–H groups in total. The third kappa shape index (κ3) is 4.22. The Labute approximate surface area is 189 Å². The van der Waals surface area contributed by atoms with Gasteiger partial charge in [0.2, 0.25) is 0 Å². The maximum Gasteiger partial charge on any atom is -0.00488 e. The van der Waals surface area contributed by atoms with E-state index in [0.717, 1.165) is 19.3 Å². The van der Waals surface area contributed by atoms with Gasteiger partial charge in [-0.25, -0.2) is 0 Å². The topological polar surface area (TPSA) is 0 Å². The Morgan fingerprint density at radius 3 is 2.23 bits per heavy atom. The second kappa shape index (κ2) is 9.43. The lowest BCUT2D eigenvalue weighted by atomic mass is 9.67. The number of allylic oxidation sites excluding steroid dienone is 1. The van der Waals surface area contributed by atoms with Crippen LogP contribution in [0.1, 0.15) is 82.4 Å². The second-order valence-electron chi connectivity index (χ2n) is 9.51. The summed E-state index contributed by atoms with van der Waals surface area (Å²) in [6.07, 6.45) is 11.0. The molecule has 0 unspecified atom stereocenters. The van der Waals surface area contributed by atoms with Crippen molar-refractivity contribution in [3.63, 3.8) is 0 Å². The highest BCUT2D eigenvalue weighted by atomic mass is 14.4. The molecular weight excluding hydrogens is 372 g/mol. The van der Waals surface area contributed by atoms with Gasteiger partial charge in [0, 0.05) is 0 Å². The van der Waals surface area contributed by atoms with Gasteiger partial charge in [-0.3, -0.25) is 0 Å². The minimum absolute atomic E-state index is 0.195. The van der Waals surface area contributed by atoms with Gasteiger partial charge < -0.3 is 0 Å². The molecule has 0 aromatic heterocycles. The van der Waals surface area contributed by atoms with Crippen LogP contribution in [-0.2, 0) is 12.8 Å². The Kier molecular flexibility index (Phi) is 6.65. The van der Waals surface area contributed by atoms with E-state index in [9.17, 15) is 0 Å². The number of aryl methyl sites for hydroxylation is 2. The van der Waals surface area contributed by atoms with Crippen molar-refractivity contribution < 1.29 is 0 Å². The van der Waals surface area contributed by atoms with Gasteiger partial charge in [-0.1, -0.05) is 95.1 Å². The number of hydrogen-bond donors (Lipinski definition) is 0. The highest BCUT2D eigenvalue weighted by Crippen LogP contribution is 2.49. The van der Waals surface area contributed by atoms with Gasteiger partial charge in [0.1, 0.15) is 0 Å². The lowest BCUT2D eigenvalue weighted by Gasteiger charge is -2.37. The lowest BCUT2D eigenvalue weighted by molar-refractivity contribution is 0.341. The molecule has 0 amide bonds. The van der Waals surface area contributed by atoms with Crippen LogP contribution < -0.4 is 0 Å². The molecule has 31 heavy (non-hydrogen) atoms. The maximum absolute atomic E-state index is 4.70. The fourth-order valence-electron chi connectivity index (χ4n) is 5.57. The highest BCUT2D eigenvalue weighted by molar-refractivity contribution is 5.93. The molecule has 0 aliphatic heterocycles. The van der Waals surface area contributed by atoms with Crippen molar-refractivity contribution in [2.45, 2.75) is 78.6 Å². The first-order valence-electron chi connectivity index (χ1n) is 12.5. The molecule has 0 bridgehead atoms. The molecule has 1 aliphatic rings. The molecule has 0 fully saturated rings. The first-order chi connectivity index (χ1) is 15.1. The summed E-state index contributed by atoms with van der Waals surface area (Å²) in [6, 6.07) is 20.9. The summed E-state index contributed by atoms with van der Waals surface area (Å²) in [6.45, 7) is 11.7. The molecule has 0 saturated carbocycles. The summed E-state index contributed by atoms with van der Waals surface area (Å²) in [5.41, 5.74) is 8.72. The van der Waals surface area contributed by atoms with E-state index in [4.69, 9.17) is 6.58 Å². The number of benzene rings is 3. The Bertz CT molecular complexity index is 1060. The Hall–Kier alpha value is -2.34. The third-order valence-electron chi connectivity index (χ3n) is 7.86. The Morgan fingerprint density at radius 1 is 0.774 bits per heavy atom. The quantitative estimate of drug-likeness (QED) is 0.340. The van der Waals surface area contributed by atoms with Crippen LogP contribution in [0.2, 0.25) is 0 Å². The van der Waals surface area contributed by atoms with Gasteiger partial charge >= 0.3 is 0 Å². The van der Waals surface area contributed by atoms with Gasteiger partial charge in [0.05, 0.1) is 0 Å². The molecule has 0 heteroatoms. The maximum atomic E-state index is 4.70. The summed E-state index contributed by atoms with van der Waals surface area (Å²) in [5.74, 6) is 0. The molecule has 0 atom stereocenters. The smallest absolute Gasteiger partial charge is 0.00488 e. The monoisotopic (exact) mass is 410 g/mol. The van der Waals surface area contributed by atoms with E-state index in [1.165, 1.54) is 82.7 Å². The minimum Gasteiger partial charge on any atom is -0.0946 e. The highest BCUT2D eigenvalue weighted by Gasteiger charge is 2.33. The van der Waals surface area contributed by atoms with Gasteiger partial charge in [-0.05, 0) is 94.2 Å². The summed E-state index contributed by atoms with van der Waals surface area (Å²) in [4.78, 5) is 0. The molecule has 0 spiro atoms. The largest absolute Gasteiger partial charge is 0.0946 e. The molecule has 0 radical (unpaired) electrons. The number of hydrogen-bond acceptors (Lipinski definition) is 0. The first-order valence-corrected chi connectivity index (χ1v) is 12.5.